The van der Waals surface area contributed by atoms with Crippen molar-refractivity contribution >= 4 is 45.8 Å². The fourth-order valence-corrected chi connectivity index (χ4v) is 2.50. The molecule has 0 aromatic heterocycles. The molecule has 2 rings (SSSR count). The molecule has 1 heterocycles. The molecule has 1 amide bonds. The van der Waals surface area contributed by atoms with Gasteiger partial charge in [0.25, 0.3) is 0 Å². The van der Waals surface area contributed by atoms with Crippen molar-refractivity contribution in [2.45, 2.75) is 6.42 Å². The lowest BCUT2D eigenvalue weighted by atomic mass is 10.2. The second kappa shape index (κ2) is 2.88. The fourth-order valence-electron chi connectivity index (χ4n) is 1.26. The van der Waals surface area contributed by atoms with Crippen LogP contribution in [-0.4, -0.2) is 5.91 Å². The summed E-state index contributed by atoms with van der Waals surface area (Å²) in [7, 11) is 0. The molecule has 1 aromatic carbocycles. The molecule has 1 aromatic rings. The van der Waals surface area contributed by atoms with Gasteiger partial charge in [-0.15, -0.1) is 0 Å². The number of anilines is 1. The van der Waals surface area contributed by atoms with E-state index in [0.717, 1.165) is 14.8 Å². The number of carbonyl (C=O) groups is 1. The van der Waals surface area contributed by atoms with Crippen molar-refractivity contribution in [1.29, 1.82) is 0 Å². The summed E-state index contributed by atoms with van der Waals surface area (Å²) < 4.78 is 1.00. The molecule has 0 saturated heterocycles. The van der Waals surface area contributed by atoms with Crippen LogP contribution in [-0.2, 0) is 11.2 Å². The zero-order chi connectivity index (χ0) is 8.72. The number of rotatable bonds is 0. The van der Waals surface area contributed by atoms with E-state index < -0.39 is 0 Å². The first-order valence-corrected chi connectivity index (χ1v) is 4.90. The summed E-state index contributed by atoms with van der Waals surface area (Å²) in [5, 5.41) is 3.48. The number of halogens is 2. The van der Waals surface area contributed by atoms with E-state index in [0.29, 0.717) is 11.4 Å². The van der Waals surface area contributed by atoms with E-state index >= 15 is 0 Å². The normalized spacial score (nSPS) is 14.3. The van der Waals surface area contributed by atoms with Gasteiger partial charge in [-0.05, 0) is 40.3 Å². The van der Waals surface area contributed by atoms with Crippen LogP contribution in [0.2, 0.25) is 5.02 Å². The number of carbonyl (C=O) groups excluding carboxylic acids is 1. The van der Waals surface area contributed by atoms with Gasteiger partial charge in [0, 0.05) is 8.59 Å². The van der Waals surface area contributed by atoms with Gasteiger partial charge < -0.3 is 5.32 Å². The lowest BCUT2D eigenvalue weighted by Gasteiger charge is -2.01. The van der Waals surface area contributed by atoms with Gasteiger partial charge in [0.05, 0.1) is 12.1 Å². The number of benzene rings is 1. The van der Waals surface area contributed by atoms with Crippen LogP contribution in [0.25, 0.3) is 0 Å². The van der Waals surface area contributed by atoms with Crippen LogP contribution in [0.1, 0.15) is 5.56 Å². The predicted octanol–water partition coefficient (Wildman–Crippen LogP) is 2.44. The van der Waals surface area contributed by atoms with Gasteiger partial charge in [0.1, 0.15) is 0 Å². The highest BCUT2D eigenvalue weighted by Crippen LogP contribution is 2.31. The van der Waals surface area contributed by atoms with Crippen LogP contribution in [0.3, 0.4) is 0 Å². The highest BCUT2D eigenvalue weighted by molar-refractivity contribution is 14.1. The third kappa shape index (κ3) is 1.31. The molecule has 0 aliphatic carbocycles. The summed E-state index contributed by atoms with van der Waals surface area (Å²) in [6, 6.07) is 3.67. The van der Waals surface area contributed by atoms with Crippen LogP contribution in [0, 0.1) is 3.57 Å². The lowest BCUT2D eigenvalue weighted by Crippen LogP contribution is -2.04. The Kier molecular flexibility index (Phi) is 2.00. The second-order valence-corrected chi connectivity index (χ2v) is 4.25. The van der Waals surface area contributed by atoms with Crippen molar-refractivity contribution in [2.24, 2.45) is 0 Å². The van der Waals surface area contributed by atoms with Crippen molar-refractivity contribution in [3.8, 4) is 0 Å². The molecule has 0 radical (unpaired) electrons. The monoisotopic (exact) mass is 293 g/mol. The summed E-state index contributed by atoms with van der Waals surface area (Å²) in [6.07, 6.45) is 0.450. The maximum Gasteiger partial charge on any atom is 0.228 e. The van der Waals surface area contributed by atoms with Gasteiger partial charge in [-0.3, -0.25) is 4.79 Å². The van der Waals surface area contributed by atoms with Gasteiger partial charge in [-0.1, -0.05) is 11.6 Å². The third-order valence-corrected chi connectivity index (χ3v) is 2.82. The Hall–Kier alpha value is -0.290. The molecule has 0 fully saturated rings. The minimum absolute atomic E-state index is 0.0465. The van der Waals surface area contributed by atoms with Crippen LogP contribution in [0.5, 0.6) is 0 Å². The van der Waals surface area contributed by atoms with Crippen molar-refractivity contribution in [1.82, 2.24) is 0 Å². The molecular weight excluding hydrogens is 288 g/mol. The highest BCUT2D eigenvalue weighted by Gasteiger charge is 2.20. The number of fused-ring (bicyclic) bond motifs is 1. The van der Waals surface area contributed by atoms with Gasteiger partial charge in [-0.2, -0.15) is 0 Å². The van der Waals surface area contributed by atoms with Crippen LogP contribution in [0.4, 0.5) is 5.69 Å². The molecule has 4 heteroatoms. The molecule has 12 heavy (non-hydrogen) atoms. The van der Waals surface area contributed by atoms with E-state index in [1.807, 2.05) is 12.1 Å². The Labute approximate surface area is 88.4 Å². The minimum Gasteiger partial charge on any atom is -0.325 e. The highest BCUT2D eigenvalue weighted by atomic mass is 127. The molecule has 0 unspecified atom stereocenters. The average molecular weight is 293 g/mol. The van der Waals surface area contributed by atoms with Gasteiger partial charge in [0.2, 0.25) is 5.91 Å². The summed E-state index contributed by atoms with van der Waals surface area (Å²) in [5.74, 6) is 0.0465. The molecule has 1 aliphatic heterocycles. The first kappa shape index (κ1) is 8.31. The number of amides is 1. The topological polar surface area (TPSA) is 29.1 Å². The van der Waals surface area contributed by atoms with Gasteiger partial charge >= 0.3 is 0 Å². The molecule has 0 spiro atoms. The molecule has 0 saturated carbocycles. The van der Waals surface area contributed by atoms with Crippen molar-refractivity contribution in [2.75, 3.05) is 5.32 Å². The SMILES string of the molecule is O=C1Cc2cc(Cl)cc(I)c2N1. The van der Waals surface area contributed by atoms with Crippen LogP contribution in [0.15, 0.2) is 12.1 Å². The summed E-state index contributed by atoms with van der Waals surface area (Å²) in [5.41, 5.74) is 1.92. The van der Waals surface area contributed by atoms with Crippen LogP contribution >= 0.6 is 34.2 Å². The van der Waals surface area contributed by atoms with Crippen molar-refractivity contribution in [3.05, 3.63) is 26.3 Å². The number of hydrogen-bond donors (Lipinski definition) is 1. The van der Waals surface area contributed by atoms with E-state index in [-0.39, 0.29) is 5.91 Å². The van der Waals surface area contributed by atoms with Crippen LogP contribution < -0.4 is 5.32 Å². The van der Waals surface area contributed by atoms with E-state index in [9.17, 15) is 4.79 Å². The number of hydrogen-bond acceptors (Lipinski definition) is 1. The summed E-state index contributed by atoms with van der Waals surface area (Å²) in [4.78, 5) is 11.0. The van der Waals surface area contributed by atoms with E-state index in [2.05, 4.69) is 27.9 Å². The molecule has 1 aliphatic rings. The van der Waals surface area contributed by atoms with Crippen molar-refractivity contribution < 1.29 is 4.79 Å². The first-order chi connectivity index (χ1) is 5.66. The van der Waals surface area contributed by atoms with Gasteiger partial charge in [0.15, 0.2) is 0 Å². The maximum absolute atomic E-state index is 11.0. The minimum atomic E-state index is 0.0465. The average Bonchev–Trinajstić information content (AvgIpc) is 2.29. The Bertz CT molecular complexity index is 364. The number of nitrogens with one attached hydrogen (secondary N) is 1. The van der Waals surface area contributed by atoms with Crippen molar-refractivity contribution in [3.63, 3.8) is 0 Å². The quantitative estimate of drug-likeness (QED) is 0.731. The Morgan fingerprint density at radius 2 is 2.25 bits per heavy atom. The molecule has 62 valence electrons. The standard InChI is InChI=1S/C8H5ClINO/c9-5-1-4-2-7(12)11-8(4)6(10)3-5/h1,3H,2H2,(H,11,12). The Balaban J connectivity index is 2.59. The summed E-state index contributed by atoms with van der Waals surface area (Å²) in [6.45, 7) is 0. The predicted molar refractivity (Wildman–Crippen MR) is 56.5 cm³/mol. The zero-order valence-electron chi connectivity index (χ0n) is 6.03. The smallest absolute Gasteiger partial charge is 0.228 e. The zero-order valence-corrected chi connectivity index (χ0v) is 8.94. The van der Waals surface area contributed by atoms with E-state index in [1.54, 1.807) is 0 Å². The van der Waals surface area contributed by atoms with E-state index in [4.69, 9.17) is 11.6 Å². The molecular formula is C8H5ClINO. The Morgan fingerprint density at radius 1 is 1.50 bits per heavy atom. The van der Waals surface area contributed by atoms with E-state index in [1.165, 1.54) is 0 Å². The third-order valence-electron chi connectivity index (χ3n) is 1.75. The Morgan fingerprint density at radius 3 is 3.00 bits per heavy atom. The molecule has 0 atom stereocenters. The summed E-state index contributed by atoms with van der Waals surface area (Å²) >= 11 is 7.99. The fraction of sp³-hybridized carbons (Fsp3) is 0.125. The van der Waals surface area contributed by atoms with Gasteiger partial charge in [-0.25, -0.2) is 0 Å². The molecule has 2 nitrogen and oxygen atoms in total. The largest absolute Gasteiger partial charge is 0.325 e. The first-order valence-electron chi connectivity index (χ1n) is 3.44. The molecule has 1 N–H and O–H groups in total. The second-order valence-electron chi connectivity index (χ2n) is 2.65. The maximum atomic E-state index is 11.0. The lowest BCUT2D eigenvalue weighted by molar-refractivity contribution is -0.115. The molecule has 0 bridgehead atoms.